The molecule has 1 aliphatic rings. The number of carbonyl (C=O) groups excluding carboxylic acids is 1. The SMILES string of the molecule is O=C(c1ccc2cc(Oc3ccc(C(F)(F)F)cn3)ccc2n1)N1CC(n2ccnc2)C1. The average molecular weight is 439 g/mol. The van der Waals surface area contributed by atoms with E-state index in [1.165, 1.54) is 0 Å². The lowest BCUT2D eigenvalue weighted by atomic mass is 10.1. The summed E-state index contributed by atoms with van der Waals surface area (Å²) >= 11 is 0. The maximum absolute atomic E-state index is 12.7. The normalized spacial score (nSPS) is 14.4. The smallest absolute Gasteiger partial charge is 0.417 e. The van der Waals surface area contributed by atoms with Crippen LogP contribution in [-0.4, -0.2) is 43.4 Å². The zero-order valence-electron chi connectivity index (χ0n) is 16.5. The number of amides is 1. The number of imidazole rings is 1. The summed E-state index contributed by atoms with van der Waals surface area (Å²) in [6, 6.07) is 10.7. The number of pyridine rings is 2. The number of halogens is 3. The molecule has 162 valence electrons. The van der Waals surface area contributed by atoms with E-state index in [-0.39, 0.29) is 17.8 Å². The summed E-state index contributed by atoms with van der Waals surface area (Å²) in [6.45, 7) is 1.20. The zero-order chi connectivity index (χ0) is 22.3. The fraction of sp³-hybridized carbons (Fsp3) is 0.182. The third kappa shape index (κ3) is 3.86. The largest absolute Gasteiger partial charge is 0.439 e. The van der Waals surface area contributed by atoms with E-state index in [1.54, 1.807) is 47.8 Å². The number of likely N-dealkylation sites (tertiary alicyclic amines) is 1. The molecule has 0 spiro atoms. The van der Waals surface area contributed by atoms with Crippen molar-refractivity contribution in [2.24, 2.45) is 0 Å². The molecule has 0 saturated carbocycles. The Balaban J connectivity index is 1.28. The molecule has 1 fully saturated rings. The van der Waals surface area contributed by atoms with Crippen LogP contribution in [0.15, 0.2) is 67.4 Å². The van der Waals surface area contributed by atoms with Crippen molar-refractivity contribution in [3.05, 3.63) is 78.6 Å². The lowest BCUT2D eigenvalue weighted by molar-refractivity contribution is -0.137. The first-order valence-electron chi connectivity index (χ1n) is 9.75. The van der Waals surface area contributed by atoms with Crippen LogP contribution in [-0.2, 0) is 6.18 Å². The van der Waals surface area contributed by atoms with Crippen molar-refractivity contribution in [3.8, 4) is 11.6 Å². The van der Waals surface area contributed by atoms with Crippen LogP contribution in [0.1, 0.15) is 22.1 Å². The van der Waals surface area contributed by atoms with Gasteiger partial charge in [0.15, 0.2) is 0 Å². The minimum atomic E-state index is -4.45. The van der Waals surface area contributed by atoms with Crippen LogP contribution < -0.4 is 4.74 Å². The number of alkyl halides is 3. The van der Waals surface area contributed by atoms with Crippen LogP contribution in [0.2, 0.25) is 0 Å². The van der Waals surface area contributed by atoms with Crippen LogP contribution in [0.3, 0.4) is 0 Å². The number of ether oxygens (including phenoxy) is 1. The molecule has 5 rings (SSSR count). The first-order chi connectivity index (χ1) is 15.4. The van der Waals surface area contributed by atoms with Gasteiger partial charge in [-0.05, 0) is 30.3 Å². The van der Waals surface area contributed by atoms with E-state index in [0.717, 1.165) is 23.7 Å². The van der Waals surface area contributed by atoms with Crippen LogP contribution >= 0.6 is 0 Å². The summed E-state index contributed by atoms with van der Waals surface area (Å²) in [7, 11) is 0. The topological polar surface area (TPSA) is 73.1 Å². The van der Waals surface area contributed by atoms with E-state index in [0.29, 0.717) is 30.0 Å². The molecule has 10 heteroatoms. The van der Waals surface area contributed by atoms with Gasteiger partial charge in [-0.1, -0.05) is 6.07 Å². The molecule has 0 unspecified atom stereocenters. The molecule has 0 N–H and O–H groups in total. The highest BCUT2D eigenvalue weighted by molar-refractivity contribution is 5.95. The molecule has 4 heterocycles. The van der Waals surface area contributed by atoms with Gasteiger partial charge in [0.2, 0.25) is 5.88 Å². The van der Waals surface area contributed by atoms with Gasteiger partial charge in [-0.15, -0.1) is 0 Å². The Morgan fingerprint density at radius 2 is 1.94 bits per heavy atom. The van der Waals surface area contributed by atoms with Crippen molar-refractivity contribution in [3.63, 3.8) is 0 Å². The Morgan fingerprint density at radius 3 is 2.62 bits per heavy atom. The first kappa shape index (κ1) is 20.0. The molecular formula is C22H16F3N5O2. The van der Waals surface area contributed by atoms with Crippen molar-refractivity contribution in [2.45, 2.75) is 12.2 Å². The molecule has 1 aliphatic heterocycles. The maximum Gasteiger partial charge on any atom is 0.417 e. The molecule has 1 saturated heterocycles. The monoisotopic (exact) mass is 439 g/mol. The van der Waals surface area contributed by atoms with Crippen LogP contribution in [0, 0.1) is 0 Å². The molecular weight excluding hydrogens is 423 g/mol. The van der Waals surface area contributed by atoms with E-state index in [2.05, 4.69) is 15.0 Å². The Morgan fingerprint density at radius 1 is 1.09 bits per heavy atom. The van der Waals surface area contributed by atoms with Gasteiger partial charge >= 0.3 is 6.18 Å². The highest BCUT2D eigenvalue weighted by Crippen LogP contribution is 2.31. The number of rotatable bonds is 4. The molecule has 0 atom stereocenters. The highest BCUT2D eigenvalue weighted by atomic mass is 19.4. The summed E-state index contributed by atoms with van der Waals surface area (Å²) in [5, 5.41) is 0.728. The molecule has 0 aliphatic carbocycles. The van der Waals surface area contributed by atoms with Crippen molar-refractivity contribution in [1.82, 2.24) is 24.4 Å². The Labute approximate surface area is 180 Å². The summed E-state index contributed by atoms with van der Waals surface area (Å²) in [6.07, 6.45) is 1.59. The Hall–Kier alpha value is -3.95. The lowest BCUT2D eigenvalue weighted by Crippen LogP contribution is -2.50. The van der Waals surface area contributed by atoms with E-state index >= 15 is 0 Å². The quantitative estimate of drug-likeness (QED) is 0.473. The van der Waals surface area contributed by atoms with Gasteiger partial charge in [0, 0.05) is 43.1 Å². The van der Waals surface area contributed by atoms with Gasteiger partial charge in [-0.2, -0.15) is 13.2 Å². The number of aromatic nitrogens is 4. The van der Waals surface area contributed by atoms with Gasteiger partial charge in [0.1, 0.15) is 11.4 Å². The third-order valence-corrected chi connectivity index (χ3v) is 5.26. The second-order valence-corrected chi connectivity index (χ2v) is 7.41. The zero-order valence-corrected chi connectivity index (χ0v) is 16.5. The van der Waals surface area contributed by atoms with Crippen molar-refractivity contribution < 1.29 is 22.7 Å². The standard InChI is InChI=1S/C22H16F3N5O2/c23-22(24,25)15-2-6-20(27-10-15)32-17-3-5-18-14(9-17)1-4-19(28-18)21(31)30-11-16(12-30)29-8-7-26-13-29/h1-10,13,16H,11-12H2. The maximum atomic E-state index is 12.7. The fourth-order valence-corrected chi connectivity index (χ4v) is 3.47. The second-order valence-electron chi connectivity index (χ2n) is 7.41. The number of hydrogen-bond donors (Lipinski definition) is 0. The number of fused-ring (bicyclic) bond motifs is 1. The summed E-state index contributed by atoms with van der Waals surface area (Å²) in [5.41, 5.74) is 0.109. The molecule has 32 heavy (non-hydrogen) atoms. The Kier molecular flexibility index (Phi) is 4.76. The van der Waals surface area contributed by atoms with E-state index in [1.807, 2.05) is 10.8 Å². The molecule has 7 nitrogen and oxygen atoms in total. The predicted molar refractivity (Wildman–Crippen MR) is 108 cm³/mol. The van der Waals surface area contributed by atoms with E-state index in [4.69, 9.17) is 4.74 Å². The van der Waals surface area contributed by atoms with E-state index < -0.39 is 11.7 Å². The van der Waals surface area contributed by atoms with Crippen LogP contribution in [0.25, 0.3) is 10.9 Å². The molecule has 0 radical (unpaired) electrons. The van der Waals surface area contributed by atoms with Gasteiger partial charge in [-0.25, -0.2) is 15.0 Å². The van der Waals surface area contributed by atoms with Gasteiger partial charge in [0.05, 0.1) is 23.4 Å². The number of benzene rings is 1. The lowest BCUT2D eigenvalue weighted by Gasteiger charge is -2.39. The van der Waals surface area contributed by atoms with Crippen molar-refractivity contribution in [2.75, 3.05) is 13.1 Å². The fourth-order valence-electron chi connectivity index (χ4n) is 3.47. The summed E-state index contributed by atoms with van der Waals surface area (Å²) in [4.78, 5) is 26.6. The van der Waals surface area contributed by atoms with Gasteiger partial charge < -0.3 is 14.2 Å². The van der Waals surface area contributed by atoms with Crippen molar-refractivity contribution >= 4 is 16.8 Å². The molecule has 1 aromatic carbocycles. The summed E-state index contributed by atoms with van der Waals surface area (Å²) < 4.78 is 45.5. The molecule has 0 bridgehead atoms. The molecule has 3 aromatic heterocycles. The van der Waals surface area contributed by atoms with Crippen LogP contribution in [0.5, 0.6) is 11.6 Å². The van der Waals surface area contributed by atoms with E-state index in [9.17, 15) is 18.0 Å². The minimum Gasteiger partial charge on any atom is -0.439 e. The first-order valence-corrected chi connectivity index (χ1v) is 9.75. The molecule has 4 aromatic rings. The van der Waals surface area contributed by atoms with Crippen molar-refractivity contribution in [1.29, 1.82) is 0 Å². The van der Waals surface area contributed by atoms with Gasteiger partial charge in [-0.3, -0.25) is 4.79 Å². The highest BCUT2D eigenvalue weighted by Gasteiger charge is 2.33. The summed E-state index contributed by atoms with van der Waals surface area (Å²) in [5.74, 6) is 0.302. The van der Waals surface area contributed by atoms with Crippen LogP contribution in [0.4, 0.5) is 13.2 Å². The Bertz CT molecular complexity index is 1270. The number of hydrogen-bond acceptors (Lipinski definition) is 5. The number of carbonyl (C=O) groups is 1. The number of nitrogens with zero attached hydrogens (tertiary/aromatic N) is 5. The third-order valence-electron chi connectivity index (χ3n) is 5.26. The average Bonchev–Trinajstić information content (AvgIpc) is 3.26. The second kappa shape index (κ2) is 7.63. The molecule has 1 amide bonds. The predicted octanol–water partition coefficient (Wildman–Crippen LogP) is 4.33. The van der Waals surface area contributed by atoms with Gasteiger partial charge in [0.25, 0.3) is 5.91 Å². The minimum absolute atomic E-state index is 0.0438.